The van der Waals surface area contributed by atoms with E-state index in [2.05, 4.69) is 0 Å². The number of benzene rings is 1. The Morgan fingerprint density at radius 2 is 2.42 bits per heavy atom. The smallest absolute Gasteiger partial charge is 0.160 e. The van der Waals surface area contributed by atoms with Crippen molar-refractivity contribution in [3.05, 3.63) is 23.8 Å². The Hall–Kier alpha value is -1.22. The molecule has 0 aliphatic carbocycles. The Bertz CT molecular complexity index is 390. The molecule has 0 unspecified atom stereocenters. The lowest BCUT2D eigenvalue weighted by Crippen LogP contribution is -2.02. The third kappa shape index (κ3) is 1.89. The fraction of sp³-hybridized carbons (Fsp3) is 0.333. The van der Waals surface area contributed by atoms with Crippen molar-refractivity contribution >= 4 is 0 Å². The maximum Gasteiger partial charge on any atom is 0.160 e. The molecule has 0 aromatic heterocycles. The number of hydrogen-bond donors (Lipinski definition) is 2. The first kappa shape index (κ1) is 4.72. The van der Waals surface area contributed by atoms with Gasteiger partial charge in [-0.05, 0) is 30.6 Å². The lowest BCUT2D eigenvalue weighted by molar-refractivity contribution is 0.373. The van der Waals surface area contributed by atoms with Gasteiger partial charge in [0.15, 0.2) is 11.5 Å². The second kappa shape index (κ2) is 3.97. The molecule has 1 rings (SSSR count). The number of aromatic hydroxyl groups is 1. The molecule has 0 bridgehead atoms. The van der Waals surface area contributed by atoms with E-state index >= 15 is 0 Å². The van der Waals surface area contributed by atoms with Crippen LogP contribution in [0, 0.1) is 0 Å². The van der Waals surface area contributed by atoms with Crippen LogP contribution >= 0.6 is 0 Å². The van der Waals surface area contributed by atoms with Crippen molar-refractivity contribution in [2.24, 2.45) is 5.73 Å². The number of rotatable bonds is 3. The molecule has 3 heteroatoms. The summed E-state index contributed by atoms with van der Waals surface area (Å²) in [7, 11) is 1.32. The molecule has 1 aromatic carbocycles. The molecule has 3 N–H and O–H groups in total. The van der Waals surface area contributed by atoms with Gasteiger partial charge in [0.05, 0.1) is 7.11 Å². The van der Waals surface area contributed by atoms with Crippen LogP contribution in [0.25, 0.3) is 0 Å². The summed E-state index contributed by atoms with van der Waals surface area (Å²) in [5, 5.41) is 9.33. The highest BCUT2D eigenvalue weighted by Gasteiger charge is 2.00. The molecule has 0 atom stereocenters. The van der Waals surface area contributed by atoms with Gasteiger partial charge in [0.25, 0.3) is 0 Å². The first-order valence-electron chi connectivity index (χ1n) is 5.36. The van der Waals surface area contributed by atoms with E-state index in [0.717, 1.165) is 0 Å². The van der Waals surface area contributed by atoms with Crippen molar-refractivity contribution in [2.45, 2.75) is 6.37 Å². The van der Waals surface area contributed by atoms with Crippen molar-refractivity contribution < 1.29 is 15.3 Å². The van der Waals surface area contributed by atoms with Crippen molar-refractivity contribution in [3.8, 4) is 11.5 Å². The third-order valence-corrected chi connectivity index (χ3v) is 1.40. The molecule has 12 heavy (non-hydrogen) atoms. The standard InChI is InChI=1S/C9H13NO2/c1-12-9-6-7(4-5-10)2-3-8(9)11/h2-3,6,11H,4-5,10H2,1H3/i4D2,5D2. The molecule has 1 aromatic rings. The number of phenols is 1. The summed E-state index contributed by atoms with van der Waals surface area (Å²) < 4.78 is 34.4. The molecule has 0 aliphatic heterocycles. The molecule has 3 nitrogen and oxygen atoms in total. The van der Waals surface area contributed by atoms with Gasteiger partial charge in [-0.1, -0.05) is 6.07 Å². The third-order valence-electron chi connectivity index (χ3n) is 1.40. The number of ether oxygens (including phenoxy) is 1. The van der Waals surface area contributed by atoms with Crippen LogP contribution in [0.2, 0.25) is 0 Å². The Morgan fingerprint density at radius 1 is 1.67 bits per heavy atom. The van der Waals surface area contributed by atoms with Gasteiger partial charge in [0, 0.05) is 5.48 Å². The lowest BCUT2D eigenvalue weighted by atomic mass is 10.1. The largest absolute Gasteiger partial charge is 0.504 e. The predicted molar refractivity (Wildman–Crippen MR) is 47.4 cm³/mol. The SMILES string of the molecule is [2H]C([2H])(N)C([2H])([2H])c1ccc(O)c(OC)c1. The van der Waals surface area contributed by atoms with Crippen LogP contribution < -0.4 is 10.5 Å². The van der Waals surface area contributed by atoms with E-state index in [1.165, 1.54) is 25.3 Å². The second-order valence-electron chi connectivity index (χ2n) is 2.16. The first-order chi connectivity index (χ1) is 7.20. The van der Waals surface area contributed by atoms with E-state index in [0.29, 0.717) is 0 Å². The summed E-state index contributed by atoms with van der Waals surface area (Å²) >= 11 is 0. The topological polar surface area (TPSA) is 55.5 Å². The minimum absolute atomic E-state index is 0.00894. The average molecular weight is 171 g/mol. The van der Waals surface area contributed by atoms with Gasteiger partial charge in [-0.15, -0.1) is 0 Å². The fourth-order valence-corrected chi connectivity index (χ4v) is 0.839. The zero-order chi connectivity index (χ0) is 12.6. The van der Waals surface area contributed by atoms with Gasteiger partial charge in [-0.3, -0.25) is 0 Å². The van der Waals surface area contributed by atoms with Crippen LogP contribution in [0.15, 0.2) is 18.2 Å². The molecule has 66 valence electrons. The van der Waals surface area contributed by atoms with Gasteiger partial charge < -0.3 is 15.6 Å². The lowest BCUT2D eigenvalue weighted by Gasteiger charge is -2.05. The Labute approximate surface area is 77.4 Å². The fourth-order valence-electron chi connectivity index (χ4n) is 0.839. The highest BCUT2D eigenvalue weighted by molar-refractivity contribution is 5.41. The van der Waals surface area contributed by atoms with Crippen LogP contribution in [0.1, 0.15) is 11.0 Å². The normalized spacial score (nSPS) is 17.2. The molecule has 0 saturated carbocycles. The van der Waals surface area contributed by atoms with Crippen LogP contribution in [0.4, 0.5) is 0 Å². The molecule has 0 aliphatic rings. The average Bonchev–Trinajstić information content (AvgIpc) is 2.16. The number of methoxy groups -OCH3 is 1. The van der Waals surface area contributed by atoms with Crippen LogP contribution in [0.5, 0.6) is 11.5 Å². The molecular weight excluding hydrogens is 154 g/mol. The minimum atomic E-state index is -2.52. The van der Waals surface area contributed by atoms with Crippen molar-refractivity contribution in [2.75, 3.05) is 13.6 Å². The van der Waals surface area contributed by atoms with Crippen LogP contribution in [0.3, 0.4) is 0 Å². The summed E-state index contributed by atoms with van der Waals surface area (Å²) in [5.41, 5.74) is 5.14. The van der Waals surface area contributed by atoms with Crippen molar-refractivity contribution in [1.82, 2.24) is 0 Å². The van der Waals surface area contributed by atoms with E-state index in [1.54, 1.807) is 0 Å². The Kier molecular flexibility index (Phi) is 1.56. The van der Waals surface area contributed by atoms with Gasteiger partial charge in [0.2, 0.25) is 0 Å². The van der Waals surface area contributed by atoms with Gasteiger partial charge in [-0.2, -0.15) is 0 Å². The van der Waals surface area contributed by atoms with Crippen LogP contribution in [-0.2, 0) is 6.37 Å². The molecular formula is C9H13NO2. The molecule has 0 amide bonds. The number of hydrogen-bond acceptors (Lipinski definition) is 3. The number of nitrogens with two attached hydrogens (primary N) is 1. The monoisotopic (exact) mass is 171 g/mol. The summed E-state index contributed by atoms with van der Waals surface area (Å²) in [5.74, 6) is -0.0646. The molecule has 0 heterocycles. The zero-order valence-corrected chi connectivity index (χ0v) is 6.66. The maximum atomic E-state index is 9.33. The number of phenolic OH excluding ortho intramolecular Hbond substituents is 1. The predicted octanol–water partition coefficient (Wildman–Crippen LogP) is 0.902. The quantitative estimate of drug-likeness (QED) is 0.710. The van der Waals surface area contributed by atoms with E-state index in [1.807, 2.05) is 0 Å². The van der Waals surface area contributed by atoms with E-state index in [9.17, 15) is 5.11 Å². The van der Waals surface area contributed by atoms with Crippen molar-refractivity contribution in [1.29, 1.82) is 0 Å². The van der Waals surface area contributed by atoms with E-state index in [-0.39, 0.29) is 17.1 Å². The Morgan fingerprint density at radius 3 is 3.00 bits per heavy atom. The van der Waals surface area contributed by atoms with E-state index in [4.69, 9.17) is 16.0 Å². The van der Waals surface area contributed by atoms with Crippen molar-refractivity contribution in [3.63, 3.8) is 0 Å². The first-order valence-corrected chi connectivity index (χ1v) is 3.36. The van der Waals surface area contributed by atoms with Gasteiger partial charge in [0.1, 0.15) is 0 Å². The summed E-state index contributed by atoms with van der Waals surface area (Å²) in [4.78, 5) is 0. The van der Waals surface area contributed by atoms with Gasteiger partial charge in [-0.25, -0.2) is 0 Å². The molecule has 0 fully saturated rings. The molecule has 0 saturated heterocycles. The summed E-state index contributed by atoms with van der Waals surface area (Å²) in [6, 6.07) is 3.72. The second-order valence-corrected chi connectivity index (χ2v) is 2.16. The zero-order valence-electron chi connectivity index (χ0n) is 10.7. The Balaban J connectivity index is 3.24. The maximum absolute atomic E-state index is 9.33. The highest BCUT2D eigenvalue weighted by atomic mass is 16.5. The summed E-state index contributed by atoms with van der Waals surface area (Å²) in [6.45, 7) is -2.52. The number of aryl methyl sites for hydroxylation is 1. The highest BCUT2D eigenvalue weighted by Crippen LogP contribution is 2.26. The van der Waals surface area contributed by atoms with Crippen LogP contribution in [-0.4, -0.2) is 18.7 Å². The van der Waals surface area contributed by atoms with Gasteiger partial charge >= 0.3 is 0 Å². The minimum Gasteiger partial charge on any atom is -0.504 e. The molecule has 0 radical (unpaired) electrons. The summed E-state index contributed by atoms with van der Waals surface area (Å²) in [6.07, 6.45) is -2.37. The van der Waals surface area contributed by atoms with E-state index < -0.39 is 12.9 Å². The molecule has 0 spiro atoms.